The number of hydrogen-bond donors (Lipinski definition) is 0. The number of unbranched alkanes of at least 4 members (excludes halogenated alkanes) is 4. The molecular formula is C19H38O2Si. The molecule has 3 heteroatoms. The first-order chi connectivity index (χ1) is 10.6. The molecule has 130 valence electrons. The molecule has 0 aliphatic carbocycles. The first-order valence-electron chi connectivity index (χ1n) is 9.43. The topological polar surface area (TPSA) is 26.3 Å². The van der Waals surface area contributed by atoms with E-state index in [0.29, 0.717) is 6.61 Å². The third-order valence-electron chi connectivity index (χ3n) is 4.69. The van der Waals surface area contributed by atoms with E-state index < -0.39 is 8.07 Å². The molecule has 0 radical (unpaired) electrons. The summed E-state index contributed by atoms with van der Waals surface area (Å²) in [7, 11) is -1.10. The number of carbonyl (C=O) groups excluding carboxylic acids is 1. The van der Waals surface area contributed by atoms with Gasteiger partial charge in [-0.1, -0.05) is 96.5 Å². The molecule has 0 aromatic heterocycles. The molecule has 0 atom stereocenters. The van der Waals surface area contributed by atoms with E-state index in [-0.39, 0.29) is 5.97 Å². The maximum atomic E-state index is 11.1. The van der Waals surface area contributed by atoms with Crippen LogP contribution in [-0.4, -0.2) is 20.7 Å². The molecule has 0 aromatic carbocycles. The maximum absolute atomic E-state index is 11.1. The molecule has 0 unspecified atom stereocenters. The summed E-state index contributed by atoms with van der Waals surface area (Å²) in [5.74, 6) is -0.286. The summed E-state index contributed by atoms with van der Waals surface area (Å²) in [6, 6.07) is 5.96. The van der Waals surface area contributed by atoms with Crippen molar-refractivity contribution in [2.24, 2.45) is 0 Å². The van der Waals surface area contributed by atoms with E-state index in [1.807, 2.05) is 0 Å². The van der Waals surface area contributed by atoms with Crippen LogP contribution in [0.3, 0.4) is 0 Å². The predicted octanol–water partition coefficient (Wildman–Crippen LogP) is 6.34. The third-order valence-corrected chi connectivity index (χ3v) is 10.4. The second-order valence-electron chi connectivity index (χ2n) is 6.64. The lowest BCUT2D eigenvalue weighted by atomic mass is 10.3. The van der Waals surface area contributed by atoms with Gasteiger partial charge in [-0.05, 0) is 6.42 Å². The van der Waals surface area contributed by atoms with Crippen LogP contribution in [0.4, 0.5) is 0 Å². The van der Waals surface area contributed by atoms with Crippen LogP contribution in [0.5, 0.6) is 0 Å². The van der Waals surface area contributed by atoms with Gasteiger partial charge in [0.1, 0.15) is 0 Å². The molecular weight excluding hydrogens is 288 g/mol. The zero-order chi connectivity index (χ0) is 16.7. The Labute approximate surface area is 139 Å². The molecule has 0 spiro atoms. The highest BCUT2D eigenvalue weighted by Gasteiger charge is 2.30. The van der Waals surface area contributed by atoms with Crippen LogP contribution in [0.2, 0.25) is 24.2 Å². The zero-order valence-electron chi connectivity index (χ0n) is 15.3. The van der Waals surface area contributed by atoms with Crippen molar-refractivity contribution < 1.29 is 9.53 Å². The van der Waals surface area contributed by atoms with E-state index in [9.17, 15) is 4.79 Å². The molecule has 0 aliphatic rings. The summed E-state index contributed by atoms with van der Waals surface area (Å²) >= 11 is 0. The Bertz CT molecular complexity index is 267. The van der Waals surface area contributed by atoms with E-state index in [4.69, 9.17) is 4.74 Å². The summed E-state index contributed by atoms with van der Waals surface area (Å²) in [6.45, 7) is 10.9. The first-order valence-corrected chi connectivity index (χ1v) is 12.3. The fourth-order valence-corrected chi connectivity index (χ4v) is 9.05. The summed E-state index contributed by atoms with van der Waals surface area (Å²) < 4.78 is 5.11. The fraction of sp³-hybridized carbons (Fsp3) is 0.842. The standard InChI is InChI=1S/C19H38O2Si/c1-5-9-15-22(16-10-6-2,17-11-7-3)18-13-12-14-21-19(20)8-4/h8H,4-7,9-18H2,1-3H3. The zero-order valence-corrected chi connectivity index (χ0v) is 16.3. The molecule has 0 rings (SSSR count). The Kier molecular flexibility index (Phi) is 13.7. The Hall–Kier alpha value is -0.573. The lowest BCUT2D eigenvalue weighted by Gasteiger charge is -2.32. The molecule has 0 aromatic rings. The van der Waals surface area contributed by atoms with E-state index in [2.05, 4.69) is 27.4 Å². The molecule has 2 nitrogen and oxygen atoms in total. The average Bonchev–Trinajstić information content (AvgIpc) is 2.55. The highest BCUT2D eigenvalue weighted by molar-refractivity contribution is 6.79. The third kappa shape index (κ3) is 10.2. The van der Waals surface area contributed by atoms with Gasteiger partial charge in [0.15, 0.2) is 0 Å². The van der Waals surface area contributed by atoms with Crippen LogP contribution in [0, 0.1) is 0 Å². The van der Waals surface area contributed by atoms with Gasteiger partial charge in [0.25, 0.3) is 0 Å². The Morgan fingerprint density at radius 2 is 1.32 bits per heavy atom. The smallest absolute Gasteiger partial charge is 0.330 e. The van der Waals surface area contributed by atoms with Gasteiger partial charge in [0.05, 0.1) is 14.7 Å². The monoisotopic (exact) mass is 326 g/mol. The van der Waals surface area contributed by atoms with Crippen molar-refractivity contribution in [2.45, 2.75) is 96.3 Å². The lowest BCUT2D eigenvalue weighted by molar-refractivity contribution is -0.137. The van der Waals surface area contributed by atoms with Gasteiger partial charge in [-0.3, -0.25) is 0 Å². The summed E-state index contributed by atoms with van der Waals surface area (Å²) in [6.07, 6.45) is 11.7. The molecule has 22 heavy (non-hydrogen) atoms. The SMILES string of the molecule is C=CC(=O)OCCCC[Si](CCCC)(CCCC)CCCC. The molecule has 0 amide bonds. The lowest BCUT2D eigenvalue weighted by Crippen LogP contribution is -2.33. The largest absolute Gasteiger partial charge is 0.463 e. The fourth-order valence-electron chi connectivity index (χ4n) is 3.24. The number of rotatable bonds is 15. The van der Waals surface area contributed by atoms with Crippen LogP contribution in [-0.2, 0) is 9.53 Å². The highest BCUT2D eigenvalue weighted by atomic mass is 28.3. The summed E-state index contributed by atoms with van der Waals surface area (Å²) in [4.78, 5) is 11.1. The van der Waals surface area contributed by atoms with Gasteiger partial charge in [0, 0.05) is 6.08 Å². The average molecular weight is 327 g/mol. The van der Waals surface area contributed by atoms with Crippen molar-refractivity contribution in [1.29, 1.82) is 0 Å². The molecule has 0 saturated heterocycles. The van der Waals surface area contributed by atoms with Crippen molar-refractivity contribution in [3.05, 3.63) is 12.7 Å². The minimum absolute atomic E-state index is 0.286. The van der Waals surface area contributed by atoms with Crippen LogP contribution in [0.15, 0.2) is 12.7 Å². The first kappa shape index (κ1) is 21.4. The van der Waals surface area contributed by atoms with Crippen LogP contribution in [0.1, 0.15) is 72.1 Å². The van der Waals surface area contributed by atoms with Gasteiger partial charge in [-0.2, -0.15) is 0 Å². The maximum Gasteiger partial charge on any atom is 0.330 e. The number of carbonyl (C=O) groups is 1. The highest BCUT2D eigenvalue weighted by Crippen LogP contribution is 2.33. The van der Waals surface area contributed by atoms with Gasteiger partial charge in [-0.25, -0.2) is 4.79 Å². The van der Waals surface area contributed by atoms with Crippen LogP contribution in [0.25, 0.3) is 0 Å². The normalized spacial score (nSPS) is 11.4. The molecule has 0 N–H and O–H groups in total. The van der Waals surface area contributed by atoms with Crippen molar-refractivity contribution in [3.63, 3.8) is 0 Å². The minimum Gasteiger partial charge on any atom is -0.463 e. The van der Waals surface area contributed by atoms with Gasteiger partial charge in [-0.15, -0.1) is 0 Å². The van der Waals surface area contributed by atoms with E-state index in [1.54, 1.807) is 0 Å². The Balaban J connectivity index is 4.38. The predicted molar refractivity (Wildman–Crippen MR) is 100 cm³/mol. The van der Waals surface area contributed by atoms with E-state index in [0.717, 1.165) is 6.42 Å². The van der Waals surface area contributed by atoms with Crippen LogP contribution >= 0.6 is 0 Å². The van der Waals surface area contributed by atoms with E-state index in [1.165, 1.54) is 75.2 Å². The summed E-state index contributed by atoms with van der Waals surface area (Å²) in [5.41, 5.74) is 0. The molecule has 0 heterocycles. The Morgan fingerprint density at radius 1 is 0.864 bits per heavy atom. The molecule has 0 bridgehead atoms. The second-order valence-corrected chi connectivity index (χ2v) is 11.6. The quantitative estimate of drug-likeness (QED) is 0.152. The molecule has 0 saturated carbocycles. The minimum atomic E-state index is -1.10. The van der Waals surface area contributed by atoms with Crippen molar-refractivity contribution >= 4 is 14.0 Å². The summed E-state index contributed by atoms with van der Waals surface area (Å²) in [5, 5.41) is 0. The van der Waals surface area contributed by atoms with Gasteiger partial charge in [0.2, 0.25) is 0 Å². The number of ether oxygens (including phenoxy) is 1. The second kappa shape index (κ2) is 14.0. The number of hydrogen-bond acceptors (Lipinski definition) is 2. The Morgan fingerprint density at radius 3 is 1.73 bits per heavy atom. The van der Waals surface area contributed by atoms with Crippen LogP contribution < -0.4 is 0 Å². The van der Waals surface area contributed by atoms with Gasteiger partial charge >= 0.3 is 5.97 Å². The van der Waals surface area contributed by atoms with Crippen molar-refractivity contribution in [1.82, 2.24) is 0 Å². The van der Waals surface area contributed by atoms with Crippen molar-refractivity contribution in [2.75, 3.05) is 6.61 Å². The van der Waals surface area contributed by atoms with E-state index >= 15 is 0 Å². The molecule has 0 fully saturated rings. The van der Waals surface area contributed by atoms with Gasteiger partial charge < -0.3 is 4.74 Å². The van der Waals surface area contributed by atoms with Crippen molar-refractivity contribution in [3.8, 4) is 0 Å². The number of esters is 1. The molecule has 0 aliphatic heterocycles.